The van der Waals surface area contributed by atoms with Gasteiger partial charge >= 0.3 is 5.97 Å². The Hall–Kier alpha value is -2.53. The summed E-state index contributed by atoms with van der Waals surface area (Å²) in [5, 5.41) is 2.95. The molecule has 0 N–H and O–H groups in total. The monoisotopic (exact) mass is 341 g/mol. The molecule has 0 saturated carbocycles. The summed E-state index contributed by atoms with van der Waals surface area (Å²) >= 11 is 0. The van der Waals surface area contributed by atoms with Crippen molar-refractivity contribution in [3.8, 4) is 0 Å². The lowest BCUT2D eigenvalue weighted by Gasteiger charge is -2.35. The normalized spacial score (nSPS) is 13.0. The first-order valence-corrected chi connectivity index (χ1v) is 8.44. The number of quaternary nitrogens is 1. The zero-order valence-corrected chi connectivity index (χ0v) is 14.9. The molecule has 0 aliphatic heterocycles. The molecule has 0 saturated heterocycles. The minimum atomic E-state index is -0.241. The second-order valence-electron chi connectivity index (χ2n) is 6.60. The molecule has 0 fully saturated rings. The predicted octanol–water partition coefficient (Wildman–Crippen LogP) is 4.18. The number of rotatable bonds is 9. The van der Waals surface area contributed by atoms with Crippen LogP contribution in [0, 0.1) is 4.91 Å². The smallest absolute Gasteiger partial charge is 0.302 e. The van der Waals surface area contributed by atoms with Gasteiger partial charge in [0.25, 0.3) is 0 Å². The van der Waals surface area contributed by atoms with Crippen molar-refractivity contribution >= 4 is 11.7 Å². The van der Waals surface area contributed by atoms with Crippen LogP contribution in [0.4, 0.5) is 5.69 Å². The topological polar surface area (TPSA) is 55.7 Å². The van der Waals surface area contributed by atoms with Crippen molar-refractivity contribution in [1.29, 1.82) is 0 Å². The highest BCUT2D eigenvalue weighted by Gasteiger charge is 2.22. The third-order valence-corrected chi connectivity index (χ3v) is 4.16. The lowest BCUT2D eigenvalue weighted by atomic mass is 10.1. The van der Waals surface area contributed by atoms with E-state index >= 15 is 0 Å². The summed E-state index contributed by atoms with van der Waals surface area (Å²) in [4.78, 5) is 21.5. The van der Waals surface area contributed by atoms with Gasteiger partial charge < -0.3 is 9.22 Å². The van der Waals surface area contributed by atoms with Crippen LogP contribution in [0.5, 0.6) is 0 Å². The molecule has 0 heterocycles. The van der Waals surface area contributed by atoms with Crippen LogP contribution in [-0.4, -0.2) is 30.7 Å². The van der Waals surface area contributed by atoms with Gasteiger partial charge in [-0.1, -0.05) is 42.5 Å². The molecule has 0 aliphatic carbocycles. The maximum absolute atomic E-state index is 10.9. The fraction of sp³-hybridized carbons (Fsp3) is 0.350. The van der Waals surface area contributed by atoms with E-state index in [1.165, 1.54) is 12.5 Å². The van der Waals surface area contributed by atoms with Crippen molar-refractivity contribution < 1.29 is 14.0 Å². The largest absolute Gasteiger partial charge is 0.466 e. The maximum atomic E-state index is 10.9. The highest BCUT2D eigenvalue weighted by Crippen LogP contribution is 2.20. The molecule has 5 nitrogen and oxygen atoms in total. The summed E-state index contributed by atoms with van der Waals surface area (Å²) in [6, 6.07) is 17.7. The van der Waals surface area contributed by atoms with Crippen LogP contribution < -0.4 is 0 Å². The summed E-state index contributed by atoms with van der Waals surface area (Å²) in [5.41, 5.74) is 2.86. The van der Waals surface area contributed by atoms with Gasteiger partial charge in [-0.2, -0.15) is 0 Å². The van der Waals surface area contributed by atoms with Gasteiger partial charge in [0.05, 0.1) is 20.2 Å². The van der Waals surface area contributed by atoms with E-state index < -0.39 is 0 Å². The standard InChI is InChI=1S/C20H25N2O3/c1-17(23)25-14-6-13-22(2,15-18-7-4-3-5-8-18)16-19-9-11-20(21-24)12-10-19/h3-5,7-12H,6,13-16H2,1-2H3/q+1. The van der Waals surface area contributed by atoms with Crippen LogP contribution in [0.15, 0.2) is 59.8 Å². The van der Waals surface area contributed by atoms with E-state index in [0.29, 0.717) is 12.3 Å². The predicted molar refractivity (Wildman–Crippen MR) is 98.0 cm³/mol. The fourth-order valence-corrected chi connectivity index (χ4v) is 3.00. The summed E-state index contributed by atoms with van der Waals surface area (Å²) in [6.07, 6.45) is 0.802. The third kappa shape index (κ3) is 6.47. The molecular weight excluding hydrogens is 316 g/mol. The summed E-state index contributed by atoms with van der Waals surface area (Å²) in [5.74, 6) is -0.241. The van der Waals surface area contributed by atoms with E-state index in [9.17, 15) is 9.70 Å². The van der Waals surface area contributed by atoms with E-state index in [2.05, 4.69) is 24.4 Å². The van der Waals surface area contributed by atoms with Gasteiger partial charge in [0, 0.05) is 24.5 Å². The van der Waals surface area contributed by atoms with E-state index in [4.69, 9.17) is 4.74 Å². The first-order valence-electron chi connectivity index (χ1n) is 8.44. The first kappa shape index (κ1) is 18.8. The van der Waals surface area contributed by atoms with Gasteiger partial charge in [-0.25, -0.2) is 0 Å². The number of hydrogen-bond acceptors (Lipinski definition) is 4. The Balaban J connectivity index is 2.08. The summed E-state index contributed by atoms with van der Waals surface area (Å²) < 4.78 is 5.86. The van der Waals surface area contributed by atoms with Crippen LogP contribution in [0.3, 0.4) is 0 Å². The zero-order chi connectivity index (χ0) is 18.1. The molecule has 0 bridgehead atoms. The van der Waals surface area contributed by atoms with Gasteiger partial charge in [0.2, 0.25) is 0 Å². The van der Waals surface area contributed by atoms with Crippen molar-refractivity contribution in [3.63, 3.8) is 0 Å². The second-order valence-corrected chi connectivity index (χ2v) is 6.60. The van der Waals surface area contributed by atoms with Crippen LogP contribution >= 0.6 is 0 Å². The SMILES string of the molecule is CC(=O)OCCC[N+](C)(Cc1ccccc1)Cc1ccc(N=O)cc1. The number of esters is 1. The Morgan fingerprint density at radius 3 is 2.16 bits per heavy atom. The number of hydrogen-bond donors (Lipinski definition) is 0. The molecule has 1 atom stereocenters. The summed E-state index contributed by atoms with van der Waals surface area (Å²) in [6.45, 7) is 4.46. The van der Waals surface area contributed by atoms with Gasteiger partial charge in [0.1, 0.15) is 18.8 Å². The number of carbonyl (C=O) groups is 1. The second kappa shape index (κ2) is 9.08. The lowest BCUT2D eigenvalue weighted by molar-refractivity contribution is -0.935. The molecule has 2 aromatic carbocycles. The molecule has 1 unspecified atom stereocenters. The number of ether oxygens (including phenoxy) is 1. The number of nitrogens with zero attached hydrogens (tertiary/aromatic N) is 2. The zero-order valence-electron chi connectivity index (χ0n) is 14.9. The minimum absolute atomic E-state index is 0.241. The van der Waals surface area contributed by atoms with Crippen LogP contribution in [-0.2, 0) is 22.6 Å². The van der Waals surface area contributed by atoms with Gasteiger partial charge in [-0.15, -0.1) is 4.91 Å². The van der Waals surface area contributed by atoms with E-state index in [1.807, 2.05) is 30.3 Å². The van der Waals surface area contributed by atoms with Gasteiger partial charge in [-0.3, -0.25) is 4.79 Å². The van der Waals surface area contributed by atoms with Crippen LogP contribution in [0.2, 0.25) is 0 Å². The lowest BCUT2D eigenvalue weighted by Crippen LogP contribution is -2.43. The fourth-order valence-electron chi connectivity index (χ4n) is 3.00. The van der Waals surface area contributed by atoms with Gasteiger partial charge in [0.15, 0.2) is 0 Å². The maximum Gasteiger partial charge on any atom is 0.302 e. The molecule has 0 radical (unpaired) electrons. The summed E-state index contributed by atoms with van der Waals surface area (Å²) in [7, 11) is 2.20. The molecule has 0 aromatic heterocycles. The molecule has 2 aromatic rings. The minimum Gasteiger partial charge on any atom is -0.466 e. The molecule has 2 rings (SSSR count). The van der Waals surface area contributed by atoms with E-state index in [1.54, 1.807) is 12.1 Å². The molecule has 0 spiro atoms. The number of benzene rings is 2. The van der Waals surface area contributed by atoms with E-state index in [-0.39, 0.29) is 5.97 Å². The molecule has 132 valence electrons. The highest BCUT2D eigenvalue weighted by atomic mass is 16.5. The third-order valence-electron chi connectivity index (χ3n) is 4.16. The van der Waals surface area contributed by atoms with Crippen molar-refractivity contribution in [1.82, 2.24) is 0 Å². The van der Waals surface area contributed by atoms with Crippen molar-refractivity contribution in [2.75, 3.05) is 20.2 Å². The Labute approximate surface area is 148 Å². The Kier molecular flexibility index (Phi) is 6.83. The van der Waals surface area contributed by atoms with Crippen LogP contribution in [0.1, 0.15) is 24.5 Å². The van der Waals surface area contributed by atoms with Crippen LogP contribution in [0.25, 0.3) is 0 Å². The molecule has 0 aliphatic rings. The Morgan fingerprint density at radius 2 is 1.60 bits per heavy atom. The molecule has 25 heavy (non-hydrogen) atoms. The van der Waals surface area contributed by atoms with Crippen molar-refractivity contribution in [2.24, 2.45) is 5.18 Å². The molecule has 0 amide bonds. The Morgan fingerprint density at radius 1 is 1.00 bits per heavy atom. The average Bonchev–Trinajstić information content (AvgIpc) is 2.60. The van der Waals surface area contributed by atoms with Crippen molar-refractivity contribution in [3.05, 3.63) is 70.6 Å². The van der Waals surface area contributed by atoms with Gasteiger partial charge in [-0.05, 0) is 17.3 Å². The molecular formula is C20H25N2O3+. The average molecular weight is 341 g/mol. The quantitative estimate of drug-likeness (QED) is 0.297. The number of nitroso groups, excluding NO2 is 1. The first-order chi connectivity index (χ1) is 12.0. The Bertz CT molecular complexity index is 686. The van der Waals surface area contributed by atoms with E-state index in [0.717, 1.165) is 36.1 Å². The molecule has 5 heteroatoms. The highest BCUT2D eigenvalue weighted by molar-refractivity contribution is 5.65. The van der Waals surface area contributed by atoms with Crippen molar-refractivity contribution in [2.45, 2.75) is 26.4 Å². The number of carbonyl (C=O) groups excluding carboxylic acids is 1.